The lowest BCUT2D eigenvalue weighted by molar-refractivity contribution is 0.0642. The number of carbonyl (C=O) groups is 1. The van der Waals surface area contributed by atoms with Crippen molar-refractivity contribution in [1.82, 2.24) is 29.5 Å². The highest BCUT2D eigenvalue weighted by molar-refractivity contribution is 5.93. The maximum atomic E-state index is 14.3. The number of rotatable bonds is 3. The van der Waals surface area contributed by atoms with Crippen molar-refractivity contribution >= 4 is 11.4 Å². The fourth-order valence-corrected chi connectivity index (χ4v) is 3.87. The van der Waals surface area contributed by atoms with Gasteiger partial charge < -0.3 is 14.3 Å². The summed E-state index contributed by atoms with van der Waals surface area (Å²) in [7, 11) is 0. The number of oxazole rings is 1. The molecular weight excluding hydrogens is 387 g/mol. The molecule has 30 heavy (non-hydrogen) atoms. The normalized spacial score (nSPS) is 16.8. The second-order valence-corrected chi connectivity index (χ2v) is 7.96. The Morgan fingerprint density at radius 2 is 2.20 bits per heavy atom. The van der Waals surface area contributed by atoms with Crippen LogP contribution in [0.1, 0.15) is 59.1 Å². The molecule has 1 aliphatic rings. The molecule has 1 atom stereocenters. The van der Waals surface area contributed by atoms with Gasteiger partial charge in [0.2, 0.25) is 11.7 Å². The number of halogens is 1. The maximum Gasteiger partial charge on any atom is 0.292 e. The van der Waals surface area contributed by atoms with E-state index in [-0.39, 0.29) is 17.6 Å². The number of carbonyl (C=O) groups excluding carboxylic acids is 1. The fraction of sp³-hybridized carbons (Fsp3) is 0.333. The lowest BCUT2D eigenvalue weighted by Gasteiger charge is -2.33. The van der Waals surface area contributed by atoms with Crippen LogP contribution in [0.15, 0.2) is 41.2 Å². The van der Waals surface area contributed by atoms with Crippen molar-refractivity contribution in [3.8, 4) is 0 Å². The zero-order chi connectivity index (χ0) is 21.0. The van der Waals surface area contributed by atoms with Gasteiger partial charge in [0.15, 0.2) is 5.67 Å². The SMILES string of the molecule is Cc1nc(C(C)(C)F)oc1C(=O)N1CCc2[nH]cnc2[C@H]1c1cc2ccccn2n1. The van der Waals surface area contributed by atoms with E-state index in [2.05, 4.69) is 20.1 Å². The maximum absolute atomic E-state index is 14.3. The van der Waals surface area contributed by atoms with Crippen molar-refractivity contribution in [2.75, 3.05) is 6.54 Å². The zero-order valence-electron chi connectivity index (χ0n) is 16.9. The summed E-state index contributed by atoms with van der Waals surface area (Å²) in [6.07, 6.45) is 4.11. The van der Waals surface area contributed by atoms with Crippen LogP contribution in [-0.2, 0) is 12.1 Å². The minimum atomic E-state index is -1.78. The lowest BCUT2D eigenvalue weighted by Crippen LogP contribution is -2.41. The molecule has 0 radical (unpaired) electrons. The van der Waals surface area contributed by atoms with E-state index in [1.165, 1.54) is 13.8 Å². The molecule has 4 aromatic rings. The highest BCUT2D eigenvalue weighted by Gasteiger charge is 2.39. The molecule has 1 N–H and O–H groups in total. The van der Waals surface area contributed by atoms with Gasteiger partial charge in [-0.15, -0.1) is 0 Å². The van der Waals surface area contributed by atoms with E-state index >= 15 is 0 Å². The summed E-state index contributed by atoms with van der Waals surface area (Å²) in [5.41, 5.74) is 1.93. The highest BCUT2D eigenvalue weighted by atomic mass is 19.1. The summed E-state index contributed by atoms with van der Waals surface area (Å²) in [6, 6.07) is 7.23. The van der Waals surface area contributed by atoms with Crippen molar-refractivity contribution in [2.24, 2.45) is 0 Å². The molecule has 0 saturated carbocycles. The largest absolute Gasteiger partial charge is 0.432 e. The van der Waals surface area contributed by atoms with Crippen LogP contribution in [-0.4, -0.2) is 41.9 Å². The number of aromatic amines is 1. The van der Waals surface area contributed by atoms with Gasteiger partial charge in [0.05, 0.1) is 28.9 Å². The number of imidazole rings is 1. The van der Waals surface area contributed by atoms with Gasteiger partial charge in [-0.25, -0.2) is 18.9 Å². The standard InChI is InChI=1S/C21H21FN6O2/c1-12-18(30-20(25-12)21(2,3)22)19(29)27-9-7-14-16(24-11-23-14)17(27)15-10-13-6-4-5-8-28(13)26-15/h4-6,8,10-11,17H,7,9H2,1-3H3,(H,23,24)/t17-/m1/s1. The summed E-state index contributed by atoms with van der Waals surface area (Å²) in [5, 5.41) is 4.67. The monoisotopic (exact) mass is 408 g/mol. The molecule has 4 aromatic heterocycles. The second kappa shape index (κ2) is 6.51. The quantitative estimate of drug-likeness (QED) is 0.561. The summed E-state index contributed by atoms with van der Waals surface area (Å²) < 4.78 is 21.7. The second-order valence-electron chi connectivity index (χ2n) is 7.96. The third-order valence-corrected chi connectivity index (χ3v) is 5.35. The molecule has 5 heterocycles. The van der Waals surface area contributed by atoms with Crippen molar-refractivity contribution < 1.29 is 13.6 Å². The number of nitrogens with one attached hydrogen (secondary N) is 1. The first kappa shape index (κ1) is 18.5. The molecule has 0 fully saturated rings. The van der Waals surface area contributed by atoms with Gasteiger partial charge >= 0.3 is 0 Å². The van der Waals surface area contributed by atoms with Crippen LogP contribution in [0.5, 0.6) is 0 Å². The molecule has 1 aliphatic heterocycles. The fourth-order valence-electron chi connectivity index (χ4n) is 3.87. The van der Waals surface area contributed by atoms with Crippen molar-refractivity contribution in [1.29, 1.82) is 0 Å². The van der Waals surface area contributed by atoms with Gasteiger partial charge in [-0.2, -0.15) is 5.10 Å². The van der Waals surface area contributed by atoms with Crippen LogP contribution in [0.25, 0.3) is 5.52 Å². The van der Waals surface area contributed by atoms with E-state index in [1.54, 1.807) is 22.7 Å². The van der Waals surface area contributed by atoms with E-state index in [0.717, 1.165) is 16.9 Å². The summed E-state index contributed by atoms with van der Waals surface area (Å²) in [5.74, 6) is -0.417. The number of alkyl halides is 1. The van der Waals surface area contributed by atoms with Crippen LogP contribution in [0, 0.1) is 6.92 Å². The van der Waals surface area contributed by atoms with Gasteiger partial charge in [-0.3, -0.25) is 4.79 Å². The van der Waals surface area contributed by atoms with E-state index < -0.39 is 11.7 Å². The number of amides is 1. The number of aromatic nitrogens is 5. The molecule has 0 aliphatic carbocycles. The van der Waals surface area contributed by atoms with E-state index in [0.29, 0.717) is 24.4 Å². The number of H-pyrrole nitrogens is 1. The van der Waals surface area contributed by atoms with Gasteiger partial charge in [-0.05, 0) is 39.0 Å². The van der Waals surface area contributed by atoms with Crippen LogP contribution in [0.4, 0.5) is 4.39 Å². The zero-order valence-corrected chi connectivity index (χ0v) is 16.9. The Hall–Kier alpha value is -3.49. The molecule has 0 aromatic carbocycles. The lowest BCUT2D eigenvalue weighted by atomic mass is 9.99. The molecule has 8 nitrogen and oxygen atoms in total. The van der Waals surface area contributed by atoms with Gasteiger partial charge in [0.25, 0.3) is 5.91 Å². The Kier molecular flexibility index (Phi) is 4.02. The third-order valence-electron chi connectivity index (χ3n) is 5.35. The molecule has 0 unspecified atom stereocenters. The Bertz CT molecular complexity index is 1210. The van der Waals surface area contributed by atoms with Crippen molar-refractivity contribution in [2.45, 2.75) is 38.9 Å². The van der Waals surface area contributed by atoms with E-state index in [9.17, 15) is 9.18 Å². The Balaban J connectivity index is 1.60. The predicted molar refractivity (Wildman–Crippen MR) is 106 cm³/mol. The number of nitrogens with zero attached hydrogens (tertiary/aromatic N) is 5. The number of aryl methyl sites for hydroxylation is 1. The van der Waals surface area contributed by atoms with Crippen molar-refractivity contribution in [3.63, 3.8) is 0 Å². The van der Waals surface area contributed by atoms with Crippen LogP contribution >= 0.6 is 0 Å². The van der Waals surface area contributed by atoms with Crippen molar-refractivity contribution in [3.05, 3.63) is 71.2 Å². The first-order chi connectivity index (χ1) is 14.3. The van der Waals surface area contributed by atoms with Crippen LogP contribution in [0.3, 0.4) is 0 Å². The van der Waals surface area contributed by atoms with Gasteiger partial charge in [0.1, 0.15) is 6.04 Å². The third kappa shape index (κ3) is 2.89. The van der Waals surface area contributed by atoms with E-state index in [1.807, 2.05) is 30.5 Å². The molecular formula is C21H21FN6O2. The first-order valence-electron chi connectivity index (χ1n) is 9.77. The van der Waals surface area contributed by atoms with Gasteiger partial charge in [-0.1, -0.05) is 6.07 Å². The molecule has 9 heteroatoms. The number of fused-ring (bicyclic) bond motifs is 2. The topological polar surface area (TPSA) is 92.3 Å². The molecule has 0 bridgehead atoms. The number of hydrogen-bond acceptors (Lipinski definition) is 5. The predicted octanol–water partition coefficient (Wildman–Crippen LogP) is 3.35. The average Bonchev–Trinajstić information content (AvgIpc) is 3.43. The summed E-state index contributed by atoms with van der Waals surface area (Å²) in [4.78, 5) is 26.9. The molecule has 1 amide bonds. The van der Waals surface area contributed by atoms with Gasteiger partial charge in [0, 0.05) is 24.9 Å². The highest BCUT2D eigenvalue weighted by Crippen LogP contribution is 2.35. The summed E-state index contributed by atoms with van der Waals surface area (Å²) in [6.45, 7) is 4.79. The minimum Gasteiger partial charge on any atom is -0.432 e. The molecule has 5 rings (SSSR count). The smallest absolute Gasteiger partial charge is 0.292 e. The van der Waals surface area contributed by atoms with E-state index in [4.69, 9.17) is 4.42 Å². The Morgan fingerprint density at radius 1 is 1.37 bits per heavy atom. The number of hydrogen-bond donors (Lipinski definition) is 1. The summed E-state index contributed by atoms with van der Waals surface area (Å²) >= 11 is 0. The Labute approximate surface area is 171 Å². The van der Waals surface area contributed by atoms with Crippen LogP contribution < -0.4 is 0 Å². The minimum absolute atomic E-state index is 0.0449. The average molecular weight is 408 g/mol. The number of pyridine rings is 1. The molecule has 0 saturated heterocycles. The van der Waals surface area contributed by atoms with Crippen LogP contribution in [0.2, 0.25) is 0 Å². The molecule has 154 valence electrons. The Morgan fingerprint density at radius 3 is 2.93 bits per heavy atom. The molecule has 0 spiro atoms. The first-order valence-corrected chi connectivity index (χ1v) is 9.77.